The van der Waals surface area contributed by atoms with Gasteiger partial charge in [0, 0.05) is 9.24 Å². The van der Waals surface area contributed by atoms with Gasteiger partial charge in [0.05, 0.1) is 0 Å². The van der Waals surface area contributed by atoms with Gasteiger partial charge in [0.25, 0.3) is 0 Å². The molecule has 0 aromatic carbocycles. The second-order valence-corrected chi connectivity index (χ2v) is 1.96. The predicted molar refractivity (Wildman–Crippen MR) is 26.7 cm³/mol. The van der Waals surface area contributed by atoms with Gasteiger partial charge >= 0.3 is 0 Å². The first-order valence-electron chi connectivity index (χ1n) is 3.43. The molecule has 1 saturated carbocycles. The SMILES string of the molecule is [2H]C([2H])(N)C1(F)CCC1. The molecule has 2 N–H and O–H groups in total. The normalized spacial score (nSPS) is 32.9. The van der Waals surface area contributed by atoms with Crippen LogP contribution < -0.4 is 5.73 Å². The molecule has 1 rings (SSSR count). The molecule has 2 heteroatoms. The highest BCUT2D eigenvalue weighted by Crippen LogP contribution is 2.34. The lowest BCUT2D eigenvalue weighted by Crippen LogP contribution is -2.39. The van der Waals surface area contributed by atoms with Gasteiger partial charge in [-0.2, -0.15) is 0 Å². The maximum atomic E-state index is 12.9. The zero-order chi connectivity index (χ0) is 7.12. The quantitative estimate of drug-likeness (QED) is 0.525. The van der Waals surface area contributed by atoms with Crippen molar-refractivity contribution >= 4 is 0 Å². The van der Waals surface area contributed by atoms with Crippen LogP contribution in [-0.2, 0) is 0 Å². The largest absolute Gasteiger partial charge is 0.328 e. The van der Waals surface area contributed by atoms with Gasteiger partial charge in [-0.25, -0.2) is 4.39 Å². The molecule has 0 bridgehead atoms. The molecule has 0 spiro atoms. The topological polar surface area (TPSA) is 26.0 Å². The van der Waals surface area contributed by atoms with Crippen molar-refractivity contribution in [3.63, 3.8) is 0 Å². The molecule has 0 aromatic heterocycles. The average Bonchev–Trinajstić information content (AvgIpc) is 1.57. The minimum absolute atomic E-state index is 0.274. The Bertz CT molecular complexity index is 117. The van der Waals surface area contributed by atoms with Crippen molar-refractivity contribution in [1.29, 1.82) is 0 Å². The first-order valence-corrected chi connectivity index (χ1v) is 2.43. The van der Waals surface area contributed by atoms with Gasteiger partial charge in [-0.1, -0.05) is 0 Å². The molecule has 0 heterocycles. The highest BCUT2D eigenvalue weighted by atomic mass is 19.1. The molecular formula is C5H10FN. The van der Waals surface area contributed by atoms with E-state index >= 15 is 0 Å². The smallest absolute Gasteiger partial charge is 0.123 e. The van der Waals surface area contributed by atoms with E-state index < -0.39 is 12.2 Å². The van der Waals surface area contributed by atoms with Gasteiger partial charge in [-0.15, -0.1) is 0 Å². The van der Waals surface area contributed by atoms with Crippen LogP contribution in [0.15, 0.2) is 0 Å². The van der Waals surface area contributed by atoms with Crippen LogP contribution in [-0.4, -0.2) is 12.2 Å². The Morgan fingerprint density at radius 2 is 2.43 bits per heavy atom. The van der Waals surface area contributed by atoms with Crippen LogP contribution in [0.5, 0.6) is 0 Å². The molecule has 0 aliphatic heterocycles. The fourth-order valence-electron chi connectivity index (χ4n) is 0.632. The molecule has 1 fully saturated rings. The van der Waals surface area contributed by atoms with Gasteiger partial charge in [0.1, 0.15) is 5.67 Å². The van der Waals surface area contributed by atoms with Gasteiger partial charge in [0.15, 0.2) is 0 Å². The van der Waals surface area contributed by atoms with Crippen LogP contribution in [0.3, 0.4) is 0 Å². The monoisotopic (exact) mass is 105 g/mol. The van der Waals surface area contributed by atoms with Crippen molar-refractivity contribution in [1.82, 2.24) is 0 Å². The van der Waals surface area contributed by atoms with E-state index in [2.05, 4.69) is 0 Å². The third kappa shape index (κ3) is 0.752. The van der Waals surface area contributed by atoms with Crippen LogP contribution in [0.1, 0.15) is 22.0 Å². The molecule has 0 atom stereocenters. The predicted octanol–water partition coefficient (Wildman–Crippen LogP) is 0.837. The number of rotatable bonds is 1. The maximum absolute atomic E-state index is 12.9. The summed E-state index contributed by atoms with van der Waals surface area (Å²) in [5, 5.41) is 0. The second-order valence-electron chi connectivity index (χ2n) is 1.96. The summed E-state index contributed by atoms with van der Waals surface area (Å²) in [6.45, 7) is -2.13. The Labute approximate surface area is 45.5 Å². The first-order chi connectivity index (χ1) is 3.96. The lowest BCUT2D eigenvalue weighted by Gasteiger charge is -2.31. The molecule has 7 heavy (non-hydrogen) atoms. The molecule has 0 saturated heterocycles. The lowest BCUT2D eigenvalue weighted by atomic mass is 9.82. The third-order valence-electron chi connectivity index (χ3n) is 1.40. The molecule has 42 valence electrons. The number of hydrogen-bond acceptors (Lipinski definition) is 1. The number of hydrogen-bond donors (Lipinski definition) is 1. The Kier molecular flexibility index (Phi) is 0.622. The van der Waals surface area contributed by atoms with Crippen molar-refractivity contribution in [2.75, 3.05) is 6.50 Å². The molecule has 1 aliphatic carbocycles. The van der Waals surface area contributed by atoms with Gasteiger partial charge in [-0.05, 0) is 19.3 Å². The molecule has 1 aliphatic rings. The minimum Gasteiger partial charge on any atom is -0.328 e. The summed E-state index contributed by atoms with van der Waals surface area (Å²) in [6, 6.07) is 0. The third-order valence-corrected chi connectivity index (χ3v) is 1.40. The van der Waals surface area contributed by atoms with E-state index in [9.17, 15) is 4.39 Å². The Morgan fingerprint density at radius 3 is 2.43 bits per heavy atom. The van der Waals surface area contributed by atoms with E-state index in [1.807, 2.05) is 0 Å². The van der Waals surface area contributed by atoms with Crippen LogP contribution >= 0.6 is 0 Å². The van der Waals surface area contributed by atoms with E-state index in [0.29, 0.717) is 0 Å². The van der Waals surface area contributed by atoms with Crippen LogP contribution in [0.4, 0.5) is 4.39 Å². The second kappa shape index (κ2) is 1.44. The van der Waals surface area contributed by atoms with Crippen molar-refractivity contribution in [2.45, 2.75) is 24.9 Å². The van der Waals surface area contributed by atoms with E-state index in [0.717, 1.165) is 6.42 Å². The van der Waals surface area contributed by atoms with Crippen LogP contribution in [0, 0.1) is 0 Å². The summed E-state index contributed by atoms with van der Waals surface area (Å²) in [6.07, 6.45) is 1.31. The number of alkyl halides is 1. The zero-order valence-corrected chi connectivity index (χ0v) is 4.08. The van der Waals surface area contributed by atoms with Crippen LogP contribution in [0.25, 0.3) is 0 Å². The standard InChI is InChI=1S/C5H10FN/c6-5(4-7)2-1-3-5/h1-4,7H2/i4D2. The molecule has 0 aromatic rings. The summed E-state index contributed by atoms with van der Waals surface area (Å²) >= 11 is 0. The fourth-order valence-corrected chi connectivity index (χ4v) is 0.632. The molecule has 0 amide bonds. The summed E-state index contributed by atoms with van der Waals surface area (Å²) in [5.41, 5.74) is 3.20. The highest BCUT2D eigenvalue weighted by Gasteiger charge is 2.34. The van der Waals surface area contributed by atoms with E-state index in [1.165, 1.54) is 0 Å². The van der Waals surface area contributed by atoms with Crippen molar-refractivity contribution in [2.24, 2.45) is 5.73 Å². The Balaban J connectivity index is 2.59. The number of nitrogens with two attached hydrogens (primary N) is 1. The van der Waals surface area contributed by atoms with Gasteiger partial charge in [-0.3, -0.25) is 0 Å². The summed E-state index contributed by atoms with van der Waals surface area (Å²) in [4.78, 5) is 0. The molecule has 0 unspecified atom stereocenters. The van der Waals surface area contributed by atoms with Crippen LogP contribution in [0.2, 0.25) is 0 Å². The summed E-state index contributed by atoms with van der Waals surface area (Å²) < 4.78 is 26.6. The molecule has 0 radical (unpaired) electrons. The fraction of sp³-hybridized carbons (Fsp3) is 1.00. The lowest BCUT2D eigenvalue weighted by molar-refractivity contribution is 0.0736. The molecule has 1 nitrogen and oxygen atoms in total. The van der Waals surface area contributed by atoms with Crippen molar-refractivity contribution < 1.29 is 7.13 Å². The van der Waals surface area contributed by atoms with Gasteiger partial charge < -0.3 is 5.73 Å². The van der Waals surface area contributed by atoms with Crippen molar-refractivity contribution in [3.05, 3.63) is 0 Å². The van der Waals surface area contributed by atoms with Crippen molar-refractivity contribution in [3.8, 4) is 0 Å². The Hall–Kier alpha value is -0.110. The maximum Gasteiger partial charge on any atom is 0.123 e. The number of halogens is 1. The van der Waals surface area contributed by atoms with E-state index in [4.69, 9.17) is 8.48 Å². The van der Waals surface area contributed by atoms with Gasteiger partial charge in [0.2, 0.25) is 0 Å². The minimum atomic E-state index is -2.13. The first kappa shape index (κ1) is 3.02. The summed E-state index contributed by atoms with van der Waals surface area (Å²) in [7, 11) is 0. The van der Waals surface area contributed by atoms with E-state index in [1.54, 1.807) is 0 Å². The highest BCUT2D eigenvalue weighted by molar-refractivity contribution is 4.88. The average molecular weight is 105 g/mol. The zero-order valence-electron chi connectivity index (χ0n) is 6.08. The molecular weight excluding hydrogens is 93.1 g/mol. The Morgan fingerprint density at radius 1 is 1.86 bits per heavy atom. The summed E-state index contributed by atoms with van der Waals surface area (Å²) in [5.74, 6) is 0. The van der Waals surface area contributed by atoms with E-state index in [-0.39, 0.29) is 12.8 Å².